The second kappa shape index (κ2) is 12.7. The molecule has 1 aromatic carbocycles. The standard InChI is InChI=1S/C31H43N5O4S/c1-30(2,3)39-28(37)35-16-14-23(15-17-35)41-26(32)18-25(27-33-19-24(34-27)22-12-13-22)36(29(38)40-31(4,5)6)20-21-10-8-7-9-11-21/h7-11,18-19,22-23,32H,12-17,20H2,1-6H3,(H,33,34)/b25-18+,32-26?. The number of nitrogens with zero attached hydrogens (tertiary/aromatic N) is 3. The van der Waals surface area contributed by atoms with Crippen LogP contribution in [0.15, 0.2) is 42.6 Å². The molecule has 2 aliphatic rings. The van der Waals surface area contributed by atoms with Crippen molar-refractivity contribution in [2.24, 2.45) is 0 Å². The Morgan fingerprint density at radius 1 is 1.05 bits per heavy atom. The number of ether oxygens (including phenoxy) is 2. The van der Waals surface area contributed by atoms with E-state index in [4.69, 9.17) is 14.9 Å². The first-order valence-electron chi connectivity index (χ1n) is 14.3. The molecule has 2 aromatic rings. The van der Waals surface area contributed by atoms with E-state index >= 15 is 0 Å². The molecule has 2 heterocycles. The first-order valence-corrected chi connectivity index (χ1v) is 15.2. The lowest BCUT2D eigenvalue weighted by Gasteiger charge is -2.33. The highest BCUT2D eigenvalue weighted by molar-refractivity contribution is 8.14. The average molecular weight is 582 g/mol. The lowest BCUT2D eigenvalue weighted by atomic mass is 10.1. The number of carbonyl (C=O) groups excluding carboxylic acids is 2. The molecule has 1 saturated heterocycles. The van der Waals surface area contributed by atoms with Crippen LogP contribution in [-0.4, -0.2) is 66.5 Å². The third-order valence-corrected chi connectivity index (χ3v) is 7.78. The number of aromatic nitrogens is 2. The minimum absolute atomic E-state index is 0.168. The van der Waals surface area contributed by atoms with E-state index in [1.165, 1.54) is 11.8 Å². The second-order valence-corrected chi connectivity index (χ2v) is 14.0. The van der Waals surface area contributed by atoms with Gasteiger partial charge >= 0.3 is 12.2 Å². The Balaban J connectivity index is 1.55. The number of H-pyrrole nitrogens is 1. The minimum atomic E-state index is -0.691. The zero-order chi connectivity index (χ0) is 29.8. The normalized spacial score (nSPS) is 16.8. The van der Waals surface area contributed by atoms with E-state index in [-0.39, 0.29) is 17.9 Å². The van der Waals surface area contributed by atoms with E-state index in [0.717, 1.165) is 36.9 Å². The number of imidazole rings is 1. The summed E-state index contributed by atoms with van der Waals surface area (Å²) in [4.78, 5) is 37.4. The molecule has 10 heteroatoms. The van der Waals surface area contributed by atoms with Crippen LogP contribution in [0.25, 0.3) is 5.70 Å². The second-order valence-electron chi connectivity index (χ2n) is 12.7. The Hall–Kier alpha value is -3.27. The largest absolute Gasteiger partial charge is 0.444 e. The molecule has 4 rings (SSSR count). The van der Waals surface area contributed by atoms with Crippen molar-refractivity contribution in [3.05, 3.63) is 59.7 Å². The van der Waals surface area contributed by atoms with Gasteiger partial charge in [-0.05, 0) is 78.9 Å². The zero-order valence-electron chi connectivity index (χ0n) is 25.0. The number of nitrogens with one attached hydrogen (secondary N) is 2. The lowest BCUT2D eigenvalue weighted by Crippen LogP contribution is -2.42. The maximum atomic E-state index is 13.6. The van der Waals surface area contributed by atoms with Gasteiger partial charge in [0.15, 0.2) is 5.82 Å². The van der Waals surface area contributed by atoms with Crippen molar-refractivity contribution < 1.29 is 19.1 Å². The van der Waals surface area contributed by atoms with Gasteiger partial charge in [-0.1, -0.05) is 30.3 Å². The van der Waals surface area contributed by atoms with Gasteiger partial charge in [0.1, 0.15) is 11.2 Å². The molecule has 2 N–H and O–H groups in total. The van der Waals surface area contributed by atoms with Crippen molar-refractivity contribution in [3.63, 3.8) is 0 Å². The molecular formula is C31H43N5O4S. The van der Waals surface area contributed by atoms with Crippen molar-refractivity contribution >= 4 is 34.7 Å². The maximum absolute atomic E-state index is 13.6. The van der Waals surface area contributed by atoms with E-state index in [1.807, 2.05) is 78.1 Å². The van der Waals surface area contributed by atoms with Gasteiger partial charge in [0.2, 0.25) is 0 Å². The van der Waals surface area contributed by atoms with Gasteiger partial charge in [-0.15, -0.1) is 11.8 Å². The SMILES string of the molecule is CC(C)(C)OC(=O)N1CCC(SC(=N)/C=C(\c2ncc(C3CC3)[nH]2)N(Cc2ccccc2)C(=O)OC(C)(C)C)CC1. The van der Waals surface area contributed by atoms with Crippen LogP contribution in [0.3, 0.4) is 0 Å². The molecule has 9 nitrogen and oxygen atoms in total. The number of piperidine rings is 1. The van der Waals surface area contributed by atoms with Gasteiger partial charge < -0.3 is 19.4 Å². The van der Waals surface area contributed by atoms with Gasteiger partial charge in [-0.3, -0.25) is 10.3 Å². The molecule has 1 aliphatic carbocycles. The number of thioether (sulfide) groups is 1. The van der Waals surface area contributed by atoms with Gasteiger partial charge in [-0.25, -0.2) is 14.6 Å². The van der Waals surface area contributed by atoms with Crippen molar-refractivity contribution in [2.75, 3.05) is 13.1 Å². The molecule has 0 unspecified atom stereocenters. The molecule has 0 spiro atoms. The summed E-state index contributed by atoms with van der Waals surface area (Å²) in [5, 5.41) is 9.40. The summed E-state index contributed by atoms with van der Waals surface area (Å²) in [5.74, 6) is 1.00. The van der Waals surface area contributed by atoms with Gasteiger partial charge in [0.05, 0.1) is 17.3 Å². The first-order chi connectivity index (χ1) is 19.3. The lowest BCUT2D eigenvalue weighted by molar-refractivity contribution is 0.0218. The Bertz CT molecular complexity index is 1250. The molecule has 0 bridgehead atoms. The maximum Gasteiger partial charge on any atom is 0.415 e. The van der Waals surface area contributed by atoms with Crippen LogP contribution >= 0.6 is 11.8 Å². The van der Waals surface area contributed by atoms with E-state index < -0.39 is 17.3 Å². The van der Waals surface area contributed by atoms with E-state index in [1.54, 1.807) is 15.9 Å². The Morgan fingerprint density at radius 2 is 1.68 bits per heavy atom. The van der Waals surface area contributed by atoms with E-state index in [0.29, 0.717) is 35.6 Å². The van der Waals surface area contributed by atoms with Crippen LogP contribution in [0.5, 0.6) is 0 Å². The quantitative estimate of drug-likeness (QED) is 0.265. The van der Waals surface area contributed by atoms with Crippen LogP contribution < -0.4 is 0 Å². The first kappa shape index (κ1) is 30.7. The van der Waals surface area contributed by atoms with Crippen molar-refractivity contribution in [2.45, 2.75) is 96.1 Å². The monoisotopic (exact) mass is 581 g/mol. The Kier molecular flexibility index (Phi) is 9.51. The summed E-state index contributed by atoms with van der Waals surface area (Å²) in [6, 6.07) is 9.74. The van der Waals surface area contributed by atoms with Crippen molar-refractivity contribution in [3.8, 4) is 0 Å². The van der Waals surface area contributed by atoms with Gasteiger partial charge in [-0.2, -0.15) is 0 Å². The molecule has 1 aliphatic heterocycles. The molecule has 222 valence electrons. The molecular weight excluding hydrogens is 538 g/mol. The molecule has 1 aromatic heterocycles. The fraction of sp³-hybridized carbons (Fsp3) is 0.548. The number of aromatic amines is 1. The van der Waals surface area contributed by atoms with Crippen LogP contribution in [0.1, 0.15) is 90.2 Å². The van der Waals surface area contributed by atoms with Gasteiger partial charge in [0.25, 0.3) is 0 Å². The van der Waals surface area contributed by atoms with Crippen LogP contribution in [0.4, 0.5) is 9.59 Å². The molecule has 0 radical (unpaired) electrons. The molecule has 2 amide bonds. The van der Waals surface area contributed by atoms with Crippen LogP contribution in [0, 0.1) is 5.41 Å². The fourth-order valence-corrected chi connectivity index (χ4v) is 5.48. The summed E-state index contributed by atoms with van der Waals surface area (Å²) in [7, 11) is 0. The zero-order valence-corrected chi connectivity index (χ0v) is 25.8. The number of hydrogen-bond acceptors (Lipinski definition) is 7. The summed E-state index contributed by atoms with van der Waals surface area (Å²) < 4.78 is 11.3. The Labute approximate surface area is 247 Å². The number of hydrogen-bond donors (Lipinski definition) is 2. The van der Waals surface area contributed by atoms with Crippen molar-refractivity contribution in [1.82, 2.24) is 19.8 Å². The summed E-state index contributed by atoms with van der Waals surface area (Å²) in [6.45, 7) is 12.6. The number of benzene rings is 1. The average Bonchev–Trinajstić information content (AvgIpc) is 3.61. The Morgan fingerprint density at radius 3 is 2.27 bits per heavy atom. The highest BCUT2D eigenvalue weighted by Gasteiger charge is 2.31. The molecule has 2 fully saturated rings. The third kappa shape index (κ3) is 9.38. The number of carbonyl (C=O) groups is 2. The summed E-state index contributed by atoms with van der Waals surface area (Å²) >= 11 is 1.45. The highest BCUT2D eigenvalue weighted by atomic mass is 32.2. The van der Waals surface area contributed by atoms with Gasteiger partial charge in [0, 0.05) is 36.1 Å². The molecule has 0 atom stereocenters. The molecule has 41 heavy (non-hydrogen) atoms. The van der Waals surface area contributed by atoms with E-state index in [9.17, 15) is 9.59 Å². The smallest absolute Gasteiger partial charge is 0.415 e. The minimum Gasteiger partial charge on any atom is -0.444 e. The van der Waals surface area contributed by atoms with Crippen LogP contribution in [0.2, 0.25) is 0 Å². The number of rotatable bonds is 7. The predicted octanol–water partition coefficient (Wildman–Crippen LogP) is 7.18. The number of amides is 2. The third-order valence-electron chi connectivity index (χ3n) is 6.60. The van der Waals surface area contributed by atoms with Crippen LogP contribution in [-0.2, 0) is 16.0 Å². The summed E-state index contributed by atoms with van der Waals surface area (Å²) in [6.07, 6.45) is 6.50. The van der Waals surface area contributed by atoms with E-state index in [2.05, 4.69) is 9.97 Å². The summed E-state index contributed by atoms with van der Waals surface area (Å²) in [5.41, 5.74) is 1.26. The molecule has 1 saturated carbocycles. The number of likely N-dealkylation sites (tertiary alicyclic amines) is 1. The topological polar surface area (TPSA) is 112 Å². The van der Waals surface area contributed by atoms with Crippen molar-refractivity contribution in [1.29, 1.82) is 5.41 Å². The fourth-order valence-electron chi connectivity index (χ4n) is 4.49. The predicted molar refractivity (Wildman–Crippen MR) is 163 cm³/mol. The highest BCUT2D eigenvalue weighted by Crippen LogP contribution is 2.39.